The number of benzene rings is 1. The highest BCUT2D eigenvalue weighted by molar-refractivity contribution is 7.99. The second-order valence-corrected chi connectivity index (χ2v) is 23.9. The summed E-state index contributed by atoms with van der Waals surface area (Å²) in [5, 5.41) is 14.1. The number of carboxylic acids is 1. The summed E-state index contributed by atoms with van der Waals surface area (Å²) in [6.07, 6.45) is 12.3. The number of carbonyl (C=O) groups is 3. The Morgan fingerprint density at radius 2 is 1.73 bits per heavy atom. The van der Waals surface area contributed by atoms with Gasteiger partial charge in [-0.05, 0) is 146 Å². The zero-order valence-electron chi connectivity index (χ0n) is 37.9. The molecular weight excluding hydrogens is 788 g/mol. The number of carbonyl (C=O) groups excluding carboxylic acids is 2. The molecule has 11 atom stereocenters. The number of fused-ring (bicyclic) bond motifs is 7. The van der Waals surface area contributed by atoms with E-state index in [0.717, 1.165) is 63.3 Å². The number of hydrogen-bond acceptors (Lipinski definition) is 7. The molecule has 2 N–H and O–H groups in total. The van der Waals surface area contributed by atoms with E-state index in [1.807, 2.05) is 30.8 Å². The van der Waals surface area contributed by atoms with Gasteiger partial charge in [0.15, 0.2) is 5.78 Å². The zero-order valence-corrected chi connectivity index (χ0v) is 39.5. The smallest absolute Gasteiger partial charge is 0.306 e. The number of rotatable bonds is 14. The number of carboxylic acid groups (broad SMARTS) is 1. The topological polar surface area (TPSA) is 95.9 Å². The highest BCUT2D eigenvalue weighted by atomic mass is 35.5. The summed E-state index contributed by atoms with van der Waals surface area (Å²) in [5.41, 5.74) is 4.36. The first-order chi connectivity index (χ1) is 28.5. The fourth-order valence-electron chi connectivity index (χ4n) is 15.6. The summed E-state index contributed by atoms with van der Waals surface area (Å²) in [4.78, 5) is 41.9. The molecule has 6 fully saturated rings. The van der Waals surface area contributed by atoms with Crippen molar-refractivity contribution in [1.29, 1.82) is 0 Å². The van der Waals surface area contributed by atoms with Crippen LogP contribution >= 0.6 is 23.4 Å². The number of ketones is 2. The number of hydrogen-bond donors (Lipinski definition) is 2. The van der Waals surface area contributed by atoms with Crippen molar-refractivity contribution in [2.24, 2.45) is 74.9 Å². The van der Waals surface area contributed by atoms with E-state index in [-0.39, 0.29) is 45.3 Å². The third-order valence-corrected chi connectivity index (χ3v) is 20.0. The minimum absolute atomic E-state index is 0.0454. The van der Waals surface area contributed by atoms with Crippen molar-refractivity contribution in [2.75, 3.05) is 44.3 Å². The van der Waals surface area contributed by atoms with Crippen LogP contribution in [0.5, 0.6) is 5.75 Å². The average Bonchev–Trinajstić information content (AvgIpc) is 3.50. The van der Waals surface area contributed by atoms with Gasteiger partial charge >= 0.3 is 5.97 Å². The highest BCUT2D eigenvalue weighted by Gasteiger charge is 2.66. The van der Waals surface area contributed by atoms with E-state index in [9.17, 15) is 19.5 Å². The van der Waals surface area contributed by atoms with Gasteiger partial charge in [-0.2, -0.15) is 11.8 Å². The van der Waals surface area contributed by atoms with Gasteiger partial charge < -0.3 is 15.2 Å². The molecule has 1 saturated heterocycles. The van der Waals surface area contributed by atoms with Crippen LogP contribution in [0, 0.1) is 74.9 Å². The Kier molecular flexibility index (Phi) is 12.9. The lowest BCUT2D eigenvalue weighted by atomic mass is 9.35. The quantitative estimate of drug-likeness (QED) is 0.179. The molecule has 8 rings (SSSR count). The maximum Gasteiger partial charge on any atom is 0.306 e. The van der Waals surface area contributed by atoms with Gasteiger partial charge in [0.25, 0.3) is 0 Å². The van der Waals surface area contributed by atoms with Crippen molar-refractivity contribution < 1.29 is 24.2 Å². The van der Waals surface area contributed by atoms with Crippen molar-refractivity contribution in [2.45, 2.75) is 132 Å². The molecule has 7 aliphatic rings. The number of allylic oxidation sites excluding steroid dienone is 2. The Morgan fingerprint density at radius 1 is 0.983 bits per heavy atom. The van der Waals surface area contributed by atoms with E-state index in [1.54, 1.807) is 5.57 Å². The Hall–Kier alpha value is -1.87. The second kappa shape index (κ2) is 17.3. The van der Waals surface area contributed by atoms with Crippen LogP contribution in [-0.4, -0.2) is 71.8 Å². The van der Waals surface area contributed by atoms with E-state index in [1.165, 1.54) is 55.6 Å². The molecule has 1 aromatic carbocycles. The first-order valence-corrected chi connectivity index (χ1v) is 25.5. The Bertz CT molecular complexity index is 1840. The monoisotopic (exact) mass is 863 g/mol. The van der Waals surface area contributed by atoms with E-state index in [0.29, 0.717) is 72.0 Å². The molecule has 0 radical (unpaired) electrons. The Labute approximate surface area is 370 Å². The molecule has 1 aromatic rings. The lowest BCUT2D eigenvalue weighted by Gasteiger charge is -2.69. The summed E-state index contributed by atoms with van der Waals surface area (Å²) in [7, 11) is 0. The van der Waals surface area contributed by atoms with Crippen molar-refractivity contribution in [1.82, 2.24) is 10.2 Å². The molecule has 0 aromatic heterocycles. The van der Waals surface area contributed by atoms with Crippen molar-refractivity contribution >= 4 is 40.9 Å². The predicted molar refractivity (Wildman–Crippen MR) is 243 cm³/mol. The van der Waals surface area contributed by atoms with Crippen LogP contribution < -0.4 is 10.1 Å². The van der Waals surface area contributed by atoms with Gasteiger partial charge in [-0.15, -0.1) is 0 Å². The predicted octanol–water partition coefficient (Wildman–Crippen LogP) is 10.8. The maximum absolute atomic E-state index is 14.2. The van der Waals surface area contributed by atoms with Crippen molar-refractivity contribution in [3.63, 3.8) is 0 Å². The van der Waals surface area contributed by atoms with Gasteiger partial charge in [0.2, 0.25) is 0 Å². The van der Waals surface area contributed by atoms with Gasteiger partial charge in [-0.25, -0.2) is 0 Å². The molecule has 1 aliphatic heterocycles. The molecule has 332 valence electrons. The van der Waals surface area contributed by atoms with E-state index in [2.05, 4.69) is 57.8 Å². The molecule has 11 unspecified atom stereocenters. The average molecular weight is 864 g/mol. The van der Waals surface area contributed by atoms with E-state index >= 15 is 0 Å². The largest absolute Gasteiger partial charge is 0.492 e. The van der Waals surface area contributed by atoms with Crippen LogP contribution in [0.15, 0.2) is 29.3 Å². The van der Waals surface area contributed by atoms with E-state index in [4.69, 9.17) is 16.3 Å². The van der Waals surface area contributed by atoms with E-state index < -0.39 is 5.97 Å². The molecule has 6 aliphatic carbocycles. The van der Waals surface area contributed by atoms with Crippen LogP contribution in [0.3, 0.4) is 0 Å². The minimum Gasteiger partial charge on any atom is -0.492 e. The zero-order chi connectivity index (χ0) is 42.8. The van der Waals surface area contributed by atoms with Crippen LogP contribution in [0.2, 0.25) is 5.02 Å². The Balaban J connectivity index is 0.941. The molecule has 1 heterocycles. The normalized spacial score (nSPS) is 38.7. The number of nitrogens with zero attached hydrogens (tertiary/aromatic N) is 1. The molecular formula is C51H75ClN2O5S. The summed E-state index contributed by atoms with van der Waals surface area (Å²) >= 11 is 8.49. The highest BCUT2D eigenvalue weighted by Crippen LogP contribution is 2.74. The second-order valence-electron chi connectivity index (χ2n) is 22.2. The van der Waals surface area contributed by atoms with Crippen molar-refractivity contribution in [3.05, 3.63) is 39.9 Å². The standard InChI is InChI=1S/C51H75ClN2O5S/c1-31(2)45-41(56)29-51(18-19-53-30-33-8-9-35(52)27-42(33)59-23-20-54-21-24-60-25-22-54)17-13-39-36(46(45)51)10-11-44-49(39,6)16-14-43-48(4,5)34(12-15-50(43,44)7)26-40(55)37-28-38(32(37)3)47(57)58/h8-9,27,31-32,34,36-39,43-44,53H,10-26,28-30H2,1-7H3,(H,57,58). The minimum atomic E-state index is -0.750. The van der Waals surface area contributed by atoms with Crippen LogP contribution in [0.1, 0.15) is 131 Å². The first-order valence-electron chi connectivity index (χ1n) is 24.0. The van der Waals surface area contributed by atoms with Gasteiger partial charge in [0, 0.05) is 72.4 Å². The van der Waals surface area contributed by atoms with Crippen LogP contribution in [0.25, 0.3) is 0 Å². The molecule has 60 heavy (non-hydrogen) atoms. The molecule has 0 bridgehead atoms. The van der Waals surface area contributed by atoms with Gasteiger partial charge in [-0.3, -0.25) is 19.3 Å². The first kappa shape index (κ1) is 44.7. The number of ether oxygens (including phenoxy) is 1. The van der Waals surface area contributed by atoms with Crippen molar-refractivity contribution in [3.8, 4) is 5.75 Å². The Morgan fingerprint density at radius 3 is 2.45 bits per heavy atom. The molecule has 7 nitrogen and oxygen atoms in total. The van der Waals surface area contributed by atoms with Crippen LogP contribution in [-0.2, 0) is 20.9 Å². The number of halogens is 1. The summed E-state index contributed by atoms with van der Waals surface area (Å²) < 4.78 is 6.35. The number of Topliss-reactive ketones (excluding diaryl/α,β-unsaturated/α-hetero) is 2. The summed E-state index contributed by atoms with van der Waals surface area (Å²) in [5.74, 6) is 5.64. The SMILES string of the molecule is CC(C)C1=C2C3CCC4C(C)(CCC5C(C)(C)C(CC(=O)C6CC(C(=O)O)C6C)CCC54C)C3CCC2(CCNCc2ccc(Cl)cc2OCCN2CCSCC2)CC1=O. The number of thioether (sulfide) groups is 1. The number of aliphatic carboxylic acids is 1. The summed E-state index contributed by atoms with van der Waals surface area (Å²) in [6, 6.07) is 6.03. The van der Waals surface area contributed by atoms with Crippen LogP contribution in [0.4, 0.5) is 0 Å². The fourth-order valence-corrected chi connectivity index (χ4v) is 16.7. The fraction of sp³-hybridized carbons (Fsp3) is 0.784. The lowest BCUT2D eigenvalue weighted by Crippen LogP contribution is -2.62. The molecule has 0 amide bonds. The van der Waals surface area contributed by atoms with Gasteiger partial charge in [0.05, 0.1) is 5.92 Å². The third-order valence-electron chi connectivity index (χ3n) is 18.8. The molecule has 0 spiro atoms. The van der Waals surface area contributed by atoms with Gasteiger partial charge in [0.1, 0.15) is 18.1 Å². The van der Waals surface area contributed by atoms with Gasteiger partial charge in [-0.1, -0.05) is 71.7 Å². The maximum atomic E-state index is 14.2. The lowest BCUT2D eigenvalue weighted by molar-refractivity contribution is -0.193. The third kappa shape index (κ3) is 7.88. The summed E-state index contributed by atoms with van der Waals surface area (Å²) in [6.45, 7) is 22.1. The molecule has 5 saturated carbocycles. The number of nitrogens with one attached hydrogen (secondary N) is 1. The molecule has 9 heteroatoms.